The number of hydrogen-bond acceptors (Lipinski definition) is 4. The minimum absolute atomic E-state index is 0.172. The minimum atomic E-state index is -0.526. The van der Waals surface area contributed by atoms with E-state index in [0.717, 1.165) is 17.7 Å². The first-order valence-corrected chi connectivity index (χ1v) is 6.00. The van der Waals surface area contributed by atoms with Crippen molar-refractivity contribution in [2.24, 2.45) is 0 Å². The van der Waals surface area contributed by atoms with E-state index in [2.05, 4.69) is 9.84 Å². The molecule has 0 aliphatic carbocycles. The number of hydrogen-bond donors (Lipinski definition) is 0. The molecular formula is C14H12N2O3. The van der Waals surface area contributed by atoms with Gasteiger partial charge < -0.3 is 4.74 Å². The van der Waals surface area contributed by atoms with Crippen molar-refractivity contribution in [2.75, 3.05) is 7.11 Å². The number of aryl methyl sites for hydroxylation is 2. The zero-order chi connectivity index (χ0) is 13.4. The maximum atomic E-state index is 12.4. The SMILES string of the molecule is COC(=O)c1cc2n(n1)C(=O)c1ccccc1CC2. The van der Waals surface area contributed by atoms with E-state index < -0.39 is 5.97 Å². The maximum Gasteiger partial charge on any atom is 0.358 e. The number of fused-ring (bicyclic) bond motifs is 2. The van der Waals surface area contributed by atoms with Crippen molar-refractivity contribution in [1.29, 1.82) is 0 Å². The zero-order valence-corrected chi connectivity index (χ0v) is 10.4. The van der Waals surface area contributed by atoms with E-state index in [1.54, 1.807) is 12.1 Å². The summed E-state index contributed by atoms with van der Waals surface area (Å²) in [7, 11) is 1.30. The Kier molecular flexibility index (Phi) is 2.67. The molecule has 1 aliphatic rings. The Bertz CT molecular complexity index is 673. The van der Waals surface area contributed by atoms with E-state index in [-0.39, 0.29) is 11.6 Å². The molecule has 1 aromatic carbocycles. The van der Waals surface area contributed by atoms with Gasteiger partial charge in [-0.15, -0.1) is 0 Å². The van der Waals surface area contributed by atoms with Crippen LogP contribution in [0.2, 0.25) is 0 Å². The molecule has 1 aromatic heterocycles. The van der Waals surface area contributed by atoms with Gasteiger partial charge in [-0.25, -0.2) is 4.79 Å². The first-order chi connectivity index (χ1) is 9.20. The van der Waals surface area contributed by atoms with E-state index in [9.17, 15) is 9.59 Å². The number of methoxy groups -OCH3 is 1. The van der Waals surface area contributed by atoms with Crippen LogP contribution in [0.15, 0.2) is 30.3 Å². The van der Waals surface area contributed by atoms with Gasteiger partial charge in [-0.05, 0) is 30.5 Å². The van der Waals surface area contributed by atoms with Gasteiger partial charge in [0.15, 0.2) is 5.69 Å². The molecule has 2 heterocycles. The average molecular weight is 256 g/mol. The van der Waals surface area contributed by atoms with Crippen LogP contribution in [0.5, 0.6) is 0 Å². The summed E-state index contributed by atoms with van der Waals surface area (Å²) in [6, 6.07) is 9.09. The van der Waals surface area contributed by atoms with Gasteiger partial charge in [0.1, 0.15) is 0 Å². The molecule has 96 valence electrons. The van der Waals surface area contributed by atoms with Crippen LogP contribution < -0.4 is 0 Å². The number of nitrogens with zero attached hydrogens (tertiary/aromatic N) is 2. The van der Waals surface area contributed by atoms with Crippen molar-refractivity contribution in [1.82, 2.24) is 9.78 Å². The highest BCUT2D eigenvalue weighted by Gasteiger charge is 2.24. The van der Waals surface area contributed by atoms with Gasteiger partial charge in [-0.2, -0.15) is 9.78 Å². The predicted octanol–water partition coefficient (Wildman–Crippen LogP) is 1.46. The van der Waals surface area contributed by atoms with Crippen molar-refractivity contribution in [3.63, 3.8) is 0 Å². The molecule has 2 aromatic rings. The zero-order valence-electron chi connectivity index (χ0n) is 10.4. The summed E-state index contributed by atoms with van der Waals surface area (Å²) in [5, 5.41) is 4.05. The molecular weight excluding hydrogens is 244 g/mol. The highest BCUT2D eigenvalue weighted by atomic mass is 16.5. The quantitative estimate of drug-likeness (QED) is 0.725. The second kappa shape index (κ2) is 4.35. The third kappa shape index (κ3) is 1.83. The normalized spacial score (nSPS) is 13.4. The molecule has 0 N–H and O–H groups in total. The third-order valence-corrected chi connectivity index (χ3v) is 3.27. The van der Waals surface area contributed by atoms with Gasteiger partial charge >= 0.3 is 5.97 Å². The van der Waals surface area contributed by atoms with Crippen molar-refractivity contribution in [2.45, 2.75) is 12.8 Å². The summed E-state index contributed by atoms with van der Waals surface area (Å²) in [5.74, 6) is -0.722. The number of aromatic nitrogens is 2. The molecule has 1 aliphatic heterocycles. The van der Waals surface area contributed by atoms with Crippen LogP contribution in [-0.4, -0.2) is 28.8 Å². The molecule has 0 unspecified atom stereocenters. The number of ether oxygens (including phenoxy) is 1. The number of rotatable bonds is 1. The molecule has 5 heteroatoms. The molecule has 0 radical (unpaired) electrons. The Hall–Kier alpha value is -2.43. The van der Waals surface area contributed by atoms with Gasteiger partial charge in [0.2, 0.25) is 0 Å². The Balaban J connectivity index is 2.10. The largest absolute Gasteiger partial charge is 0.464 e. The van der Waals surface area contributed by atoms with Crippen molar-refractivity contribution < 1.29 is 14.3 Å². The van der Waals surface area contributed by atoms with E-state index in [1.807, 2.05) is 18.2 Å². The minimum Gasteiger partial charge on any atom is -0.464 e. The molecule has 0 fully saturated rings. The molecule has 0 bridgehead atoms. The lowest BCUT2D eigenvalue weighted by Gasteiger charge is -2.03. The first kappa shape index (κ1) is 11.6. The topological polar surface area (TPSA) is 61.2 Å². The Morgan fingerprint density at radius 1 is 1.32 bits per heavy atom. The van der Waals surface area contributed by atoms with Gasteiger partial charge in [-0.1, -0.05) is 18.2 Å². The highest BCUT2D eigenvalue weighted by molar-refractivity contribution is 5.98. The lowest BCUT2D eigenvalue weighted by molar-refractivity contribution is 0.0593. The van der Waals surface area contributed by atoms with Crippen LogP contribution in [0.1, 0.15) is 32.1 Å². The Labute approximate surface area is 109 Å². The van der Waals surface area contributed by atoms with Crippen LogP contribution in [-0.2, 0) is 17.6 Å². The summed E-state index contributed by atoms with van der Waals surface area (Å²) in [4.78, 5) is 23.9. The van der Waals surface area contributed by atoms with E-state index in [1.165, 1.54) is 11.8 Å². The molecule has 0 saturated heterocycles. The van der Waals surface area contributed by atoms with Crippen molar-refractivity contribution >= 4 is 11.9 Å². The van der Waals surface area contributed by atoms with Gasteiger partial charge in [0, 0.05) is 11.3 Å². The maximum absolute atomic E-state index is 12.4. The second-order valence-electron chi connectivity index (χ2n) is 4.39. The van der Waals surface area contributed by atoms with E-state index in [0.29, 0.717) is 12.0 Å². The average Bonchev–Trinajstić information content (AvgIpc) is 2.83. The molecule has 3 rings (SSSR count). The fraction of sp³-hybridized carbons (Fsp3) is 0.214. The number of carbonyl (C=O) groups excluding carboxylic acids is 2. The molecule has 0 atom stereocenters. The smallest absolute Gasteiger partial charge is 0.358 e. The van der Waals surface area contributed by atoms with Crippen LogP contribution in [0.3, 0.4) is 0 Å². The van der Waals surface area contributed by atoms with Crippen LogP contribution in [0.4, 0.5) is 0 Å². The Morgan fingerprint density at radius 3 is 2.89 bits per heavy atom. The summed E-state index contributed by atoms with van der Waals surface area (Å²) >= 11 is 0. The fourth-order valence-electron chi connectivity index (χ4n) is 2.30. The van der Waals surface area contributed by atoms with Crippen molar-refractivity contribution in [3.05, 3.63) is 52.8 Å². The summed E-state index contributed by atoms with van der Waals surface area (Å²) in [6.07, 6.45) is 1.43. The Morgan fingerprint density at radius 2 is 2.11 bits per heavy atom. The second-order valence-corrected chi connectivity index (χ2v) is 4.39. The van der Waals surface area contributed by atoms with Crippen LogP contribution in [0, 0.1) is 0 Å². The molecule has 0 saturated carbocycles. The van der Waals surface area contributed by atoms with E-state index in [4.69, 9.17) is 0 Å². The number of esters is 1. The molecule has 19 heavy (non-hydrogen) atoms. The van der Waals surface area contributed by atoms with Crippen LogP contribution in [0.25, 0.3) is 0 Å². The van der Waals surface area contributed by atoms with Crippen molar-refractivity contribution in [3.8, 4) is 0 Å². The summed E-state index contributed by atoms with van der Waals surface area (Å²) in [6.45, 7) is 0. The summed E-state index contributed by atoms with van der Waals surface area (Å²) < 4.78 is 5.93. The van der Waals surface area contributed by atoms with Gasteiger partial charge in [-0.3, -0.25) is 4.79 Å². The summed E-state index contributed by atoms with van der Waals surface area (Å²) in [5.41, 5.74) is 2.56. The molecule has 5 nitrogen and oxygen atoms in total. The fourth-order valence-corrected chi connectivity index (χ4v) is 2.30. The highest BCUT2D eigenvalue weighted by Crippen LogP contribution is 2.20. The number of benzene rings is 1. The van der Waals surface area contributed by atoms with Gasteiger partial charge in [0.25, 0.3) is 5.91 Å². The molecule has 0 spiro atoms. The van der Waals surface area contributed by atoms with E-state index >= 15 is 0 Å². The number of carbonyl (C=O) groups is 2. The lowest BCUT2D eigenvalue weighted by Crippen LogP contribution is -2.16. The van der Waals surface area contributed by atoms with Gasteiger partial charge in [0.05, 0.1) is 7.11 Å². The third-order valence-electron chi connectivity index (χ3n) is 3.27. The predicted molar refractivity (Wildman–Crippen MR) is 67.1 cm³/mol. The van der Waals surface area contributed by atoms with Crippen LogP contribution >= 0.6 is 0 Å². The lowest BCUT2D eigenvalue weighted by atomic mass is 10.0. The standard InChI is InChI=1S/C14H12N2O3/c1-19-14(18)12-8-10-7-6-9-4-2-3-5-11(9)13(17)16(10)15-12/h2-5,8H,6-7H2,1H3. The molecule has 0 amide bonds. The first-order valence-electron chi connectivity index (χ1n) is 6.00. The monoisotopic (exact) mass is 256 g/mol.